The lowest BCUT2D eigenvalue weighted by Gasteiger charge is -2.11. The lowest BCUT2D eigenvalue weighted by atomic mass is 10.1. The van der Waals surface area contributed by atoms with Gasteiger partial charge in [0, 0.05) is 22.7 Å². The molecule has 0 aromatic heterocycles. The van der Waals surface area contributed by atoms with E-state index in [1.807, 2.05) is 0 Å². The first-order valence-electron chi connectivity index (χ1n) is 7.64. The highest BCUT2D eigenvalue weighted by atomic mass is 35.5. The van der Waals surface area contributed by atoms with Gasteiger partial charge in [0.05, 0.1) is 16.4 Å². The zero-order valence-corrected chi connectivity index (χ0v) is 15.2. The maximum Gasteiger partial charge on any atom is 0.293 e. The number of carbonyl (C=O) groups is 3. The molecule has 0 unspecified atom stereocenters. The van der Waals surface area contributed by atoms with Gasteiger partial charge in [0.15, 0.2) is 5.78 Å². The standard InChI is InChI=1S/C18H11ClN2O5S/c19-14-4-2-1-3-12(14)9-16-17(23)20(18(24)27-16)10-15(22)11-5-7-13(8-6-11)21(25)26/h1-9H,10H2/b16-9+. The van der Waals surface area contributed by atoms with Crippen molar-refractivity contribution >= 4 is 52.1 Å². The summed E-state index contributed by atoms with van der Waals surface area (Å²) >= 11 is 6.78. The summed E-state index contributed by atoms with van der Waals surface area (Å²) in [6.07, 6.45) is 1.50. The molecule has 0 bridgehead atoms. The third-order valence-corrected chi connectivity index (χ3v) is 5.02. The van der Waals surface area contributed by atoms with Gasteiger partial charge < -0.3 is 0 Å². The number of hydrogen-bond donors (Lipinski definition) is 0. The largest absolute Gasteiger partial charge is 0.293 e. The fourth-order valence-corrected chi connectivity index (χ4v) is 3.39. The van der Waals surface area contributed by atoms with Crippen LogP contribution in [0.2, 0.25) is 5.02 Å². The van der Waals surface area contributed by atoms with Crippen LogP contribution in [0.1, 0.15) is 15.9 Å². The van der Waals surface area contributed by atoms with Gasteiger partial charge in [-0.1, -0.05) is 29.8 Å². The summed E-state index contributed by atoms with van der Waals surface area (Å²) in [4.78, 5) is 48.0. The molecule has 27 heavy (non-hydrogen) atoms. The Bertz CT molecular complexity index is 988. The molecule has 0 saturated carbocycles. The average Bonchev–Trinajstić information content (AvgIpc) is 2.91. The first-order valence-corrected chi connectivity index (χ1v) is 8.84. The molecule has 1 heterocycles. The van der Waals surface area contributed by atoms with Crippen molar-refractivity contribution in [3.63, 3.8) is 0 Å². The molecule has 2 aromatic rings. The van der Waals surface area contributed by atoms with Gasteiger partial charge in [-0.3, -0.25) is 29.4 Å². The first kappa shape index (κ1) is 18.8. The lowest BCUT2D eigenvalue weighted by molar-refractivity contribution is -0.384. The monoisotopic (exact) mass is 402 g/mol. The number of nitrogens with zero attached hydrogens (tertiary/aromatic N) is 2. The molecule has 1 aliphatic rings. The number of benzene rings is 2. The number of nitro benzene ring substituents is 1. The normalized spacial score (nSPS) is 15.4. The van der Waals surface area contributed by atoms with E-state index in [4.69, 9.17) is 11.6 Å². The predicted octanol–water partition coefficient (Wildman–Crippen LogP) is 4.17. The van der Waals surface area contributed by atoms with E-state index in [1.165, 1.54) is 30.3 Å². The molecular weight excluding hydrogens is 392 g/mol. The van der Waals surface area contributed by atoms with Crippen LogP contribution in [0.15, 0.2) is 53.4 Å². The topological polar surface area (TPSA) is 97.6 Å². The second-order valence-electron chi connectivity index (χ2n) is 5.52. The summed E-state index contributed by atoms with van der Waals surface area (Å²) in [6, 6.07) is 11.8. The number of amides is 2. The number of hydrogen-bond acceptors (Lipinski definition) is 6. The minimum Gasteiger partial charge on any atom is -0.292 e. The van der Waals surface area contributed by atoms with Crippen LogP contribution in [0.25, 0.3) is 6.08 Å². The number of carbonyl (C=O) groups excluding carboxylic acids is 3. The maximum absolute atomic E-state index is 12.5. The van der Waals surface area contributed by atoms with Crippen LogP contribution in [0, 0.1) is 10.1 Å². The second kappa shape index (κ2) is 7.73. The average molecular weight is 403 g/mol. The molecule has 0 radical (unpaired) electrons. The zero-order valence-electron chi connectivity index (χ0n) is 13.6. The summed E-state index contributed by atoms with van der Waals surface area (Å²) < 4.78 is 0. The van der Waals surface area contributed by atoms with E-state index >= 15 is 0 Å². The number of non-ortho nitro benzene ring substituents is 1. The zero-order chi connectivity index (χ0) is 19.6. The minimum atomic E-state index is -0.583. The molecule has 2 aromatic carbocycles. The highest BCUT2D eigenvalue weighted by molar-refractivity contribution is 8.18. The van der Waals surface area contributed by atoms with Crippen molar-refractivity contribution < 1.29 is 19.3 Å². The molecule has 0 atom stereocenters. The summed E-state index contributed by atoms with van der Waals surface area (Å²) in [5.41, 5.74) is 0.612. The number of halogens is 1. The number of thioether (sulfide) groups is 1. The van der Waals surface area contributed by atoms with Crippen LogP contribution in [0.3, 0.4) is 0 Å². The number of imide groups is 1. The highest BCUT2D eigenvalue weighted by Gasteiger charge is 2.36. The molecule has 7 nitrogen and oxygen atoms in total. The van der Waals surface area contributed by atoms with Gasteiger partial charge in [-0.2, -0.15) is 0 Å². The molecule has 0 N–H and O–H groups in total. The van der Waals surface area contributed by atoms with Gasteiger partial charge in [-0.25, -0.2) is 0 Å². The number of Topliss-reactive ketones (excluding diaryl/α,β-unsaturated/α-hetero) is 1. The molecule has 9 heteroatoms. The maximum atomic E-state index is 12.5. The van der Waals surface area contributed by atoms with E-state index in [-0.39, 0.29) is 16.2 Å². The molecule has 0 aliphatic carbocycles. The van der Waals surface area contributed by atoms with Gasteiger partial charge in [0.25, 0.3) is 16.8 Å². The molecule has 1 fully saturated rings. The van der Waals surface area contributed by atoms with E-state index < -0.39 is 28.4 Å². The van der Waals surface area contributed by atoms with Crippen molar-refractivity contribution in [1.29, 1.82) is 0 Å². The highest BCUT2D eigenvalue weighted by Crippen LogP contribution is 2.33. The van der Waals surface area contributed by atoms with Crippen molar-refractivity contribution in [3.05, 3.63) is 79.7 Å². The van der Waals surface area contributed by atoms with Gasteiger partial charge in [-0.15, -0.1) is 0 Å². The Labute approximate surface area is 162 Å². The molecule has 136 valence electrons. The third-order valence-electron chi connectivity index (χ3n) is 3.77. The van der Waals surface area contributed by atoms with Crippen LogP contribution in [0.4, 0.5) is 10.5 Å². The smallest absolute Gasteiger partial charge is 0.292 e. The first-order chi connectivity index (χ1) is 12.9. The molecular formula is C18H11ClN2O5S. The summed E-state index contributed by atoms with van der Waals surface area (Å²) in [7, 11) is 0. The Morgan fingerprint density at radius 2 is 1.81 bits per heavy atom. The van der Waals surface area contributed by atoms with Crippen LogP contribution >= 0.6 is 23.4 Å². The Morgan fingerprint density at radius 1 is 1.15 bits per heavy atom. The molecule has 2 amide bonds. The molecule has 1 aliphatic heterocycles. The molecule has 1 saturated heterocycles. The number of nitro groups is 1. The van der Waals surface area contributed by atoms with E-state index in [9.17, 15) is 24.5 Å². The SMILES string of the molecule is O=C(CN1C(=O)S/C(=C/c2ccccc2Cl)C1=O)c1ccc([N+](=O)[O-])cc1. The van der Waals surface area contributed by atoms with E-state index in [0.717, 1.165) is 16.7 Å². The Hall–Kier alpha value is -2.97. The Kier molecular flexibility index (Phi) is 5.38. The van der Waals surface area contributed by atoms with Crippen LogP contribution in [0.5, 0.6) is 0 Å². The summed E-state index contributed by atoms with van der Waals surface area (Å²) in [6.45, 7) is -0.442. The quantitative estimate of drug-likeness (QED) is 0.322. The van der Waals surface area contributed by atoms with E-state index in [1.54, 1.807) is 24.3 Å². The summed E-state index contributed by atoms with van der Waals surface area (Å²) in [5.74, 6) is -1.08. The Morgan fingerprint density at radius 3 is 2.44 bits per heavy atom. The molecule has 3 rings (SSSR count). The van der Waals surface area contributed by atoms with Crippen LogP contribution in [-0.4, -0.2) is 33.3 Å². The fourth-order valence-electron chi connectivity index (χ4n) is 2.37. The van der Waals surface area contributed by atoms with Crippen molar-refractivity contribution in [2.45, 2.75) is 0 Å². The van der Waals surface area contributed by atoms with Gasteiger partial charge in [-0.05, 0) is 41.6 Å². The van der Waals surface area contributed by atoms with Crippen molar-refractivity contribution in [2.24, 2.45) is 0 Å². The van der Waals surface area contributed by atoms with Crippen molar-refractivity contribution in [2.75, 3.05) is 6.54 Å². The van der Waals surface area contributed by atoms with E-state index in [0.29, 0.717) is 10.6 Å². The van der Waals surface area contributed by atoms with Crippen LogP contribution in [-0.2, 0) is 4.79 Å². The lowest BCUT2D eigenvalue weighted by Crippen LogP contribution is -2.33. The van der Waals surface area contributed by atoms with Gasteiger partial charge in [0.2, 0.25) is 0 Å². The second-order valence-corrected chi connectivity index (χ2v) is 6.92. The van der Waals surface area contributed by atoms with E-state index in [2.05, 4.69) is 0 Å². The third kappa shape index (κ3) is 4.07. The van der Waals surface area contributed by atoms with Crippen molar-refractivity contribution in [3.8, 4) is 0 Å². The van der Waals surface area contributed by atoms with Crippen molar-refractivity contribution in [1.82, 2.24) is 4.90 Å². The van der Waals surface area contributed by atoms with Gasteiger partial charge in [0.1, 0.15) is 0 Å². The Balaban J connectivity index is 1.76. The predicted molar refractivity (Wildman–Crippen MR) is 102 cm³/mol. The van der Waals surface area contributed by atoms with Gasteiger partial charge >= 0.3 is 0 Å². The minimum absolute atomic E-state index is 0.152. The fraction of sp³-hybridized carbons (Fsp3) is 0.0556. The number of rotatable bonds is 5. The van der Waals surface area contributed by atoms with Crippen LogP contribution < -0.4 is 0 Å². The molecule has 0 spiro atoms. The summed E-state index contributed by atoms with van der Waals surface area (Å²) in [5, 5.41) is 10.5. The number of ketones is 1.